The first-order valence-electron chi connectivity index (χ1n) is 12.1. The summed E-state index contributed by atoms with van der Waals surface area (Å²) in [5.41, 5.74) is 3.20. The van der Waals surface area contributed by atoms with Gasteiger partial charge < -0.3 is 15.5 Å². The number of nitrogens with zero attached hydrogens (tertiary/aromatic N) is 2. The van der Waals surface area contributed by atoms with Gasteiger partial charge in [-0.2, -0.15) is 0 Å². The van der Waals surface area contributed by atoms with Crippen LogP contribution in [0.3, 0.4) is 0 Å². The number of benzodiazepines with no additional fused rings is 1. The highest BCUT2D eigenvalue weighted by Gasteiger charge is 2.53. The van der Waals surface area contributed by atoms with Crippen molar-refractivity contribution < 1.29 is 4.79 Å². The Hall–Kier alpha value is -2.15. The van der Waals surface area contributed by atoms with Crippen molar-refractivity contribution in [1.82, 2.24) is 10.6 Å². The third-order valence-corrected chi connectivity index (χ3v) is 9.15. The molecular weight excluding hydrogens is 499 g/mol. The molecule has 1 amide bonds. The molecule has 4 unspecified atom stereocenters. The summed E-state index contributed by atoms with van der Waals surface area (Å²) in [5.74, 6) is 1.98. The SMILES string of the molecule is CN1C(=O)C(NC(=S)NCC2CCC3CC2C3(C)C)N=C(c2ccccc2Cl)c2cc(Cl)ccc21. The van der Waals surface area contributed by atoms with Crippen molar-refractivity contribution in [3.63, 3.8) is 0 Å². The molecular formula is C27H30Cl2N4OS. The van der Waals surface area contributed by atoms with Gasteiger partial charge in [-0.1, -0.05) is 55.2 Å². The fraction of sp³-hybridized carbons (Fsp3) is 0.444. The summed E-state index contributed by atoms with van der Waals surface area (Å²) >= 11 is 18.5. The lowest BCUT2D eigenvalue weighted by Gasteiger charge is -2.60. The molecule has 3 saturated carbocycles. The second kappa shape index (κ2) is 9.38. The zero-order chi connectivity index (χ0) is 24.9. The van der Waals surface area contributed by atoms with Crippen LogP contribution in [-0.4, -0.2) is 36.5 Å². The molecule has 0 radical (unpaired) electrons. The fourth-order valence-electron chi connectivity index (χ4n) is 6.11. The Morgan fingerprint density at radius 2 is 1.94 bits per heavy atom. The number of carbonyl (C=O) groups excluding carboxylic acids is 1. The Bertz CT molecular complexity index is 1210. The van der Waals surface area contributed by atoms with E-state index in [0.29, 0.717) is 37.9 Å². The third kappa shape index (κ3) is 4.45. The largest absolute Gasteiger partial charge is 0.362 e. The molecule has 4 atom stereocenters. The average Bonchev–Trinajstić information content (AvgIpc) is 2.93. The third-order valence-electron chi connectivity index (χ3n) is 8.32. The number of carbonyl (C=O) groups is 1. The number of rotatable bonds is 4. The van der Waals surface area contributed by atoms with Crippen LogP contribution in [0.15, 0.2) is 47.5 Å². The Labute approximate surface area is 222 Å². The molecule has 2 aromatic rings. The van der Waals surface area contributed by atoms with Crippen molar-refractivity contribution >= 4 is 57.8 Å². The Kier molecular flexibility index (Phi) is 6.58. The van der Waals surface area contributed by atoms with Gasteiger partial charge in [0.25, 0.3) is 5.91 Å². The summed E-state index contributed by atoms with van der Waals surface area (Å²) in [5, 5.41) is 8.08. The number of aliphatic imine (C=N–C) groups is 1. The van der Waals surface area contributed by atoms with E-state index in [1.807, 2.05) is 36.4 Å². The van der Waals surface area contributed by atoms with Crippen LogP contribution in [0.1, 0.15) is 44.2 Å². The van der Waals surface area contributed by atoms with Gasteiger partial charge in [0.1, 0.15) is 0 Å². The van der Waals surface area contributed by atoms with Crippen molar-refractivity contribution in [3.8, 4) is 0 Å². The number of likely N-dealkylation sites (N-methyl/N-ethyl adjacent to an activating group) is 1. The predicted molar refractivity (Wildman–Crippen MR) is 148 cm³/mol. The Morgan fingerprint density at radius 1 is 1.17 bits per heavy atom. The first-order valence-corrected chi connectivity index (χ1v) is 13.3. The van der Waals surface area contributed by atoms with E-state index in [4.69, 9.17) is 40.4 Å². The van der Waals surface area contributed by atoms with E-state index in [-0.39, 0.29) is 5.91 Å². The van der Waals surface area contributed by atoms with Crippen LogP contribution < -0.4 is 15.5 Å². The molecule has 0 saturated heterocycles. The van der Waals surface area contributed by atoms with Crippen LogP contribution >= 0.6 is 35.4 Å². The maximum atomic E-state index is 13.4. The van der Waals surface area contributed by atoms with E-state index in [0.717, 1.165) is 29.5 Å². The Balaban J connectivity index is 1.40. The summed E-state index contributed by atoms with van der Waals surface area (Å²) in [7, 11) is 1.74. The molecule has 1 aliphatic heterocycles. The maximum Gasteiger partial charge on any atom is 0.272 e. The number of amides is 1. The summed E-state index contributed by atoms with van der Waals surface area (Å²) in [4.78, 5) is 19.9. The Morgan fingerprint density at radius 3 is 2.66 bits per heavy atom. The molecule has 2 bridgehead atoms. The summed E-state index contributed by atoms with van der Waals surface area (Å²) in [6, 6.07) is 12.9. The van der Waals surface area contributed by atoms with E-state index in [2.05, 4.69) is 24.5 Å². The lowest BCUT2D eigenvalue weighted by molar-refractivity contribution is -0.119. The van der Waals surface area contributed by atoms with Crippen LogP contribution in [0.25, 0.3) is 0 Å². The second-order valence-corrected chi connectivity index (χ2v) is 11.7. The molecule has 5 nitrogen and oxygen atoms in total. The molecule has 184 valence electrons. The topological polar surface area (TPSA) is 56.7 Å². The number of hydrogen-bond acceptors (Lipinski definition) is 3. The summed E-state index contributed by atoms with van der Waals surface area (Å²) in [6.45, 7) is 5.59. The van der Waals surface area contributed by atoms with Crippen molar-refractivity contribution in [1.29, 1.82) is 0 Å². The van der Waals surface area contributed by atoms with Crippen LogP contribution in [-0.2, 0) is 4.79 Å². The molecule has 3 fully saturated rings. The quantitative estimate of drug-likeness (QED) is 0.502. The number of fused-ring (bicyclic) bond motifs is 3. The molecule has 2 N–H and O–H groups in total. The van der Waals surface area contributed by atoms with E-state index >= 15 is 0 Å². The minimum absolute atomic E-state index is 0.208. The number of anilines is 1. The van der Waals surface area contributed by atoms with Crippen molar-refractivity contribution in [2.24, 2.45) is 28.2 Å². The number of nitrogens with one attached hydrogen (secondary N) is 2. The van der Waals surface area contributed by atoms with Crippen LogP contribution in [0, 0.1) is 23.2 Å². The molecule has 6 rings (SSSR count). The van der Waals surface area contributed by atoms with Crippen molar-refractivity contribution in [2.75, 3.05) is 18.5 Å². The number of benzene rings is 2. The second-order valence-electron chi connectivity index (χ2n) is 10.5. The average molecular weight is 530 g/mol. The van der Waals surface area contributed by atoms with Crippen LogP contribution in [0.4, 0.5) is 5.69 Å². The van der Waals surface area contributed by atoms with Gasteiger partial charge >= 0.3 is 0 Å². The minimum atomic E-state index is -0.895. The molecule has 0 spiro atoms. The van der Waals surface area contributed by atoms with Gasteiger partial charge in [0, 0.05) is 34.8 Å². The molecule has 4 aliphatic rings. The van der Waals surface area contributed by atoms with Crippen LogP contribution in [0.2, 0.25) is 10.0 Å². The van der Waals surface area contributed by atoms with Crippen LogP contribution in [0.5, 0.6) is 0 Å². The first-order chi connectivity index (χ1) is 16.7. The van der Waals surface area contributed by atoms with Gasteiger partial charge in [0.15, 0.2) is 5.11 Å². The van der Waals surface area contributed by atoms with E-state index in [1.54, 1.807) is 18.0 Å². The molecule has 2 aromatic carbocycles. The monoisotopic (exact) mass is 528 g/mol. The lowest BCUT2D eigenvalue weighted by Crippen LogP contribution is -2.56. The highest BCUT2D eigenvalue weighted by Crippen LogP contribution is 2.61. The van der Waals surface area contributed by atoms with E-state index in [9.17, 15) is 4.79 Å². The standard InChI is InChI=1S/C27H30Cl2N4OS/c1-27(2)16-9-8-15(20(27)12-16)14-30-26(35)32-24-25(34)33(3)22-11-10-17(28)13-19(22)23(31-24)18-6-4-5-7-21(18)29/h4-7,10-11,13,15-16,20,24H,8-9,12,14H2,1-3H3,(H2,30,32,35). The predicted octanol–water partition coefficient (Wildman–Crippen LogP) is 5.67. The number of halogens is 2. The first kappa shape index (κ1) is 24.5. The van der Waals surface area contributed by atoms with Gasteiger partial charge in [-0.05, 0) is 78.9 Å². The van der Waals surface area contributed by atoms with Gasteiger partial charge in [0.05, 0.1) is 11.4 Å². The molecule has 35 heavy (non-hydrogen) atoms. The highest BCUT2D eigenvalue weighted by atomic mass is 35.5. The molecule has 3 aliphatic carbocycles. The van der Waals surface area contributed by atoms with Gasteiger partial charge in [-0.25, -0.2) is 4.99 Å². The van der Waals surface area contributed by atoms with Gasteiger partial charge in [-0.15, -0.1) is 0 Å². The highest BCUT2D eigenvalue weighted by molar-refractivity contribution is 7.80. The summed E-state index contributed by atoms with van der Waals surface area (Å²) < 4.78 is 0. The number of hydrogen-bond donors (Lipinski definition) is 2. The van der Waals surface area contributed by atoms with E-state index in [1.165, 1.54) is 19.3 Å². The van der Waals surface area contributed by atoms with Gasteiger partial charge in [-0.3, -0.25) is 4.79 Å². The fourth-order valence-corrected chi connectivity index (χ4v) is 6.71. The van der Waals surface area contributed by atoms with E-state index < -0.39 is 6.17 Å². The van der Waals surface area contributed by atoms with Gasteiger partial charge in [0.2, 0.25) is 6.17 Å². The maximum absolute atomic E-state index is 13.4. The molecule has 1 heterocycles. The zero-order valence-corrected chi connectivity index (χ0v) is 22.5. The van der Waals surface area contributed by atoms with Crippen molar-refractivity contribution in [2.45, 2.75) is 39.3 Å². The van der Waals surface area contributed by atoms with Crippen molar-refractivity contribution in [3.05, 3.63) is 63.6 Å². The smallest absolute Gasteiger partial charge is 0.272 e. The number of thiocarbonyl (C=S) groups is 1. The summed E-state index contributed by atoms with van der Waals surface area (Å²) in [6.07, 6.45) is 2.93. The molecule has 0 aromatic heterocycles. The molecule has 8 heteroatoms. The minimum Gasteiger partial charge on any atom is -0.362 e. The lowest BCUT2D eigenvalue weighted by atomic mass is 9.45. The normalized spacial score (nSPS) is 26.7. The zero-order valence-electron chi connectivity index (χ0n) is 20.1.